The van der Waals surface area contributed by atoms with Crippen molar-refractivity contribution in [2.45, 2.75) is 10.6 Å². The molecule has 0 aliphatic rings. The predicted octanol–water partition coefficient (Wildman–Crippen LogP) is 3.43. The highest BCUT2D eigenvalue weighted by Gasteiger charge is 2.09. The van der Waals surface area contributed by atoms with Crippen molar-refractivity contribution in [2.75, 3.05) is 0 Å². The Balaban J connectivity index is 2.07. The number of carboxylic acid groups (broad SMARTS) is 1. The third kappa shape index (κ3) is 4.00. The van der Waals surface area contributed by atoms with Crippen LogP contribution in [-0.4, -0.2) is 17.0 Å². The zero-order chi connectivity index (χ0) is 15.4. The van der Waals surface area contributed by atoms with E-state index in [9.17, 15) is 9.59 Å². The second kappa shape index (κ2) is 6.65. The molecule has 0 atom stereocenters. The van der Waals surface area contributed by atoms with E-state index < -0.39 is 11.9 Å². The van der Waals surface area contributed by atoms with Gasteiger partial charge in [0.05, 0.1) is 10.6 Å². The Morgan fingerprint density at radius 1 is 1.14 bits per heavy atom. The summed E-state index contributed by atoms with van der Waals surface area (Å²) in [5, 5.41) is 9.24. The summed E-state index contributed by atoms with van der Waals surface area (Å²) in [6.45, 7) is 0. The molecule has 0 fully saturated rings. The van der Waals surface area contributed by atoms with Crippen LogP contribution in [0.15, 0.2) is 47.4 Å². The van der Waals surface area contributed by atoms with Gasteiger partial charge in [-0.2, -0.15) is 0 Å². The summed E-state index contributed by atoms with van der Waals surface area (Å²) in [7, 11) is 0. The maximum Gasteiger partial charge on any atom is 0.337 e. The molecule has 0 spiro atoms. The first-order valence-electron chi connectivity index (χ1n) is 6.02. The highest BCUT2D eigenvalue weighted by Crippen LogP contribution is 2.27. The zero-order valence-corrected chi connectivity index (χ0v) is 12.4. The second-order valence-corrected chi connectivity index (χ2v) is 5.75. The quantitative estimate of drug-likeness (QED) is 0.827. The van der Waals surface area contributed by atoms with E-state index in [-0.39, 0.29) is 10.6 Å². The van der Waals surface area contributed by atoms with Crippen molar-refractivity contribution < 1.29 is 14.7 Å². The molecule has 6 heteroatoms. The lowest BCUT2D eigenvalue weighted by Crippen LogP contribution is -2.10. The van der Waals surface area contributed by atoms with Gasteiger partial charge in [-0.05, 0) is 35.9 Å². The van der Waals surface area contributed by atoms with E-state index in [2.05, 4.69) is 0 Å². The van der Waals surface area contributed by atoms with Gasteiger partial charge >= 0.3 is 5.97 Å². The number of benzene rings is 2. The van der Waals surface area contributed by atoms with Gasteiger partial charge in [0, 0.05) is 16.2 Å². The van der Waals surface area contributed by atoms with Crippen molar-refractivity contribution in [3.63, 3.8) is 0 Å². The van der Waals surface area contributed by atoms with Crippen LogP contribution >= 0.6 is 23.4 Å². The van der Waals surface area contributed by atoms with Crippen LogP contribution in [0, 0.1) is 0 Å². The van der Waals surface area contributed by atoms with Crippen molar-refractivity contribution >= 4 is 35.2 Å². The van der Waals surface area contributed by atoms with E-state index in [0.29, 0.717) is 11.3 Å². The van der Waals surface area contributed by atoms with Gasteiger partial charge in [0.15, 0.2) is 0 Å². The number of carbonyl (C=O) groups is 2. The van der Waals surface area contributed by atoms with Gasteiger partial charge in [-0.15, -0.1) is 11.8 Å². The number of amides is 1. The van der Waals surface area contributed by atoms with Gasteiger partial charge in [-0.3, -0.25) is 4.79 Å². The molecule has 0 aliphatic heterocycles. The van der Waals surface area contributed by atoms with Gasteiger partial charge in [0.2, 0.25) is 5.91 Å². The van der Waals surface area contributed by atoms with Crippen LogP contribution in [-0.2, 0) is 5.75 Å². The average molecular weight is 322 g/mol. The molecule has 2 rings (SSSR count). The first kappa shape index (κ1) is 15.4. The molecule has 4 nitrogen and oxygen atoms in total. The van der Waals surface area contributed by atoms with E-state index in [1.807, 2.05) is 12.1 Å². The normalized spacial score (nSPS) is 10.3. The van der Waals surface area contributed by atoms with Crippen molar-refractivity contribution in [1.29, 1.82) is 0 Å². The maximum absolute atomic E-state index is 11.0. The molecule has 3 N–H and O–H groups in total. The third-order valence-electron chi connectivity index (χ3n) is 2.81. The average Bonchev–Trinajstić information content (AvgIpc) is 2.46. The summed E-state index contributed by atoms with van der Waals surface area (Å²) in [5.41, 5.74) is 6.74. The second-order valence-electron chi connectivity index (χ2n) is 4.30. The Kier molecular flexibility index (Phi) is 4.88. The van der Waals surface area contributed by atoms with Crippen molar-refractivity contribution in [3.8, 4) is 0 Å². The molecule has 0 heterocycles. The topological polar surface area (TPSA) is 80.4 Å². The molecule has 0 aromatic heterocycles. The number of hydrogen-bond donors (Lipinski definition) is 2. The summed E-state index contributed by atoms with van der Waals surface area (Å²) in [6, 6.07) is 11.9. The fourth-order valence-electron chi connectivity index (χ4n) is 1.69. The van der Waals surface area contributed by atoms with E-state index >= 15 is 0 Å². The highest BCUT2D eigenvalue weighted by atomic mass is 35.5. The molecule has 0 radical (unpaired) electrons. The summed E-state index contributed by atoms with van der Waals surface area (Å²) < 4.78 is 0. The van der Waals surface area contributed by atoms with E-state index in [1.54, 1.807) is 30.3 Å². The third-order valence-corrected chi connectivity index (χ3v) is 4.21. The van der Waals surface area contributed by atoms with E-state index in [1.165, 1.54) is 11.8 Å². The fourth-order valence-corrected chi connectivity index (χ4v) is 2.78. The Morgan fingerprint density at radius 2 is 1.81 bits per heavy atom. The molecule has 0 saturated carbocycles. The minimum Gasteiger partial charge on any atom is -0.478 e. The molecular formula is C15H12ClNO3S. The summed E-state index contributed by atoms with van der Waals surface area (Å²) in [6.07, 6.45) is 0. The van der Waals surface area contributed by atoms with Gasteiger partial charge in [0.25, 0.3) is 0 Å². The predicted molar refractivity (Wildman–Crippen MR) is 82.9 cm³/mol. The first-order chi connectivity index (χ1) is 9.97. The number of carboxylic acids is 1. The lowest BCUT2D eigenvalue weighted by Gasteiger charge is -2.05. The van der Waals surface area contributed by atoms with Crippen LogP contribution in [0.25, 0.3) is 0 Å². The summed E-state index contributed by atoms with van der Waals surface area (Å²) in [4.78, 5) is 22.8. The van der Waals surface area contributed by atoms with Crippen molar-refractivity contribution in [3.05, 3.63) is 64.2 Å². The Hall–Kier alpha value is -1.98. The number of carbonyl (C=O) groups excluding carboxylic acids is 1. The van der Waals surface area contributed by atoms with Gasteiger partial charge in [-0.1, -0.05) is 23.7 Å². The number of aromatic carboxylic acids is 1. The standard InChI is InChI=1S/C15H12ClNO3S/c16-13-6-5-11(7-12(13)15(19)20)21-8-9-1-3-10(4-2-9)14(17)18/h1-7H,8H2,(H2,17,18)(H,19,20). The van der Waals surface area contributed by atoms with Crippen LogP contribution in [0.3, 0.4) is 0 Å². The number of nitrogens with two attached hydrogens (primary N) is 1. The van der Waals surface area contributed by atoms with Gasteiger partial charge < -0.3 is 10.8 Å². The Labute approximate surface area is 130 Å². The molecule has 0 unspecified atom stereocenters. The summed E-state index contributed by atoms with van der Waals surface area (Å²) in [5.74, 6) is -0.856. The molecule has 1 amide bonds. The van der Waals surface area contributed by atoms with Gasteiger partial charge in [0.1, 0.15) is 0 Å². The smallest absolute Gasteiger partial charge is 0.337 e. The molecular weight excluding hydrogens is 310 g/mol. The monoisotopic (exact) mass is 321 g/mol. The van der Waals surface area contributed by atoms with Gasteiger partial charge in [-0.25, -0.2) is 4.79 Å². The fraction of sp³-hybridized carbons (Fsp3) is 0.0667. The minimum atomic E-state index is -1.05. The number of hydrogen-bond acceptors (Lipinski definition) is 3. The van der Waals surface area contributed by atoms with E-state index in [4.69, 9.17) is 22.4 Å². The lowest BCUT2D eigenvalue weighted by atomic mass is 10.1. The number of halogens is 1. The first-order valence-corrected chi connectivity index (χ1v) is 7.38. The lowest BCUT2D eigenvalue weighted by molar-refractivity contribution is 0.0696. The largest absolute Gasteiger partial charge is 0.478 e. The van der Waals surface area contributed by atoms with Crippen LogP contribution in [0.2, 0.25) is 5.02 Å². The van der Waals surface area contributed by atoms with Crippen LogP contribution < -0.4 is 5.73 Å². The van der Waals surface area contributed by atoms with Crippen LogP contribution in [0.4, 0.5) is 0 Å². The zero-order valence-electron chi connectivity index (χ0n) is 10.9. The highest BCUT2D eigenvalue weighted by molar-refractivity contribution is 7.98. The Bertz CT molecular complexity index is 686. The molecule has 0 aliphatic carbocycles. The molecule has 21 heavy (non-hydrogen) atoms. The van der Waals surface area contributed by atoms with Crippen LogP contribution in [0.1, 0.15) is 26.3 Å². The molecule has 0 saturated heterocycles. The number of rotatable bonds is 5. The molecule has 2 aromatic carbocycles. The maximum atomic E-state index is 11.0. The van der Waals surface area contributed by atoms with Crippen molar-refractivity contribution in [1.82, 2.24) is 0 Å². The molecule has 0 bridgehead atoms. The Morgan fingerprint density at radius 3 is 2.38 bits per heavy atom. The van der Waals surface area contributed by atoms with E-state index in [0.717, 1.165) is 10.5 Å². The SMILES string of the molecule is NC(=O)c1ccc(CSc2ccc(Cl)c(C(=O)O)c2)cc1. The minimum absolute atomic E-state index is 0.0887. The molecule has 2 aromatic rings. The number of thioether (sulfide) groups is 1. The molecule has 108 valence electrons. The van der Waals surface area contributed by atoms with Crippen molar-refractivity contribution in [2.24, 2.45) is 5.73 Å². The van der Waals surface area contributed by atoms with Crippen LogP contribution in [0.5, 0.6) is 0 Å². The number of primary amides is 1. The summed E-state index contributed by atoms with van der Waals surface area (Å²) >= 11 is 7.31.